The third-order valence-corrected chi connectivity index (χ3v) is 7.33. The molecule has 3 aromatic carbocycles. The molecule has 2 N–H and O–H groups in total. The third-order valence-electron chi connectivity index (χ3n) is 6.40. The highest BCUT2D eigenvalue weighted by Crippen LogP contribution is 2.24. The standard InChI is InChI=1S/C30H32N2O3S/c1-20(30(34)35)17-26(18-23-11-14-25(15-12-23)24-8-4-3-5-9-24)32-29(33)10-6-7-22-13-16-27-28(19-22)36-21(2)31-27/h3-5,8-9,11-16,19-20,26H,6-7,10,17-18H2,1-2H3,(H,32,33)(H,34,35)/t20-,26+/m0/s1. The maximum absolute atomic E-state index is 12.8. The number of hydrogen-bond acceptors (Lipinski definition) is 4. The molecule has 1 aromatic heterocycles. The Morgan fingerprint density at radius 1 is 0.972 bits per heavy atom. The Kier molecular flexibility index (Phi) is 8.49. The van der Waals surface area contributed by atoms with E-state index in [-0.39, 0.29) is 11.9 Å². The van der Waals surface area contributed by atoms with E-state index in [1.807, 2.05) is 31.2 Å². The van der Waals surface area contributed by atoms with Gasteiger partial charge in [0.15, 0.2) is 0 Å². The van der Waals surface area contributed by atoms with Crippen molar-refractivity contribution in [1.29, 1.82) is 0 Å². The molecule has 186 valence electrons. The number of thiazole rings is 1. The second kappa shape index (κ2) is 12.0. The molecule has 0 radical (unpaired) electrons. The highest BCUT2D eigenvalue weighted by atomic mass is 32.1. The minimum absolute atomic E-state index is 0.0341. The molecule has 5 nitrogen and oxygen atoms in total. The van der Waals surface area contributed by atoms with E-state index in [0.29, 0.717) is 19.3 Å². The van der Waals surface area contributed by atoms with Gasteiger partial charge >= 0.3 is 5.97 Å². The first-order valence-electron chi connectivity index (χ1n) is 12.4. The number of fused-ring (bicyclic) bond motifs is 1. The fourth-order valence-corrected chi connectivity index (χ4v) is 5.35. The fourth-order valence-electron chi connectivity index (χ4n) is 4.46. The third kappa shape index (κ3) is 7.01. The number of amides is 1. The van der Waals surface area contributed by atoms with Crippen molar-refractivity contribution in [3.8, 4) is 11.1 Å². The van der Waals surface area contributed by atoms with Gasteiger partial charge in [-0.1, -0.05) is 67.6 Å². The van der Waals surface area contributed by atoms with Gasteiger partial charge in [-0.05, 0) is 67.0 Å². The molecule has 0 saturated carbocycles. The van der Waals surface area contributed by atoms with Crippen LogP contribution in [0.25, 0.3) is 21.3 Å². The fraction of sp³-hybridized carbons (Fsp3) is 0.300. The Balaban J connectivity index is 1.34. The van der Waals surface area contributed by atoms with Crippen molar-refractivity contribution < 1.29 is 14.7 Å². The molecule has 2 atom stereocenters. The van der Waals surface area contributed by atoms with E-state index in [2.05, 4.69) is 58.8 Å². The first-order chi connectivity index (χ1) is 17.4. The van der Waals surface area contributed by atoms with Crippen LogP contribution in [0.4, 0.5) is 0 Å². The number of benzene rings is 3. The van der Waals surface area contributed by atoms with Crippen molar-refractivity contribution in [3.05, 3.63) is 88.9 Å². The Bertz CT molecular complexity index is 1320. The summed E-state index contributed by atoms with van der Waals surface area (Å²) in [6, 6.07) is 24.5. The number of hydrogen-bond donors (Lipinski definition) is 2. The lowest BCUT2D eigenvalue weighted by Crippen LogP contribution is -2.38. The normalized spacial score (nSPS) is 12.8. The monoisotopic (exact) mass is 500 g/mol. The van der Waals surface area contributed by atoms with Crippen molar-refractivity contribution >= 4 is 33.4 Å². The number of carbonyl (C=O) groups excluding carboxylic acids is 1. The summed E-state index contributed by atoms with van der Waals surface area (Å²) in [5.74, 6) is -1.41. The van der Waals surface area contributed by atoms with E-state index in [1.54, 1.807) is 18.3 Å². The van der Waals surface area contributed by atoms with Gasteiger partial charge in [-0.2, -0.15) is 0 Å². The van der Waals surface area contributed by atoms with Gasteiger partial charge in [-0.15, -0.1) is 11.3 Å². The first-order valence-corrected chi connectivity index (χ1v) is 13.2. The summed E-state index contributed by atoms with van der Waals surface area (Å²) in [6.07, 6.45) is 2.95. The summed E-state index contributed by atoms with van der Waals surface area (Å²) in [4.78, 5) is 28.8. The summed E-state index contributed by atoms with van der Waals surface area (Å²) in [5, 5.41) is 13.6. The zero-order valence-electron chi connectivity index (χ0n) is 20.7. The minimum atomic E-state index is -0.845. The van der Waals surface area contributed by atoms with Crippen LogP contribution < -0.4 is 5.32 Å². The van der Waals surface area contributed by atoms with Crippen LogP contribution in [-0.4, -0.2) is 28.0 Å². The van der Waals surface area contributed by atoms with Crippen LogP contribution in [0.3, 0.4) is 0 Å². The zero-order valence-corrected chi connectivity index (χ0v) is 21.6. The van der Waals surface area contributed by atoms with Gasteiger partial charge in [0, 0.05) is 12.5 Å². The Hall–Kier alpha value is -3.51. The van der Waals surface area contributed by atoms with Crippen molar-refractivity contribution in [2.24, 2.45) is 5.92 Å². The van der Waals surface area contributed by atoms with Crippen molar-refractivity contribution in [1.82, 2.24) is 10.3 Å². The van der Waals surface area contributed by atoms with Gasteiger partial charge in [-0.25, -0.2) is 4.98 Å². The van der Waals surface area contributed by atoms with Gasteiger partial charge in [0.05, 0.1) is 21.1 Å². The Labute approximate surface area is 216 Å². The Morgan fingerprint density at radius 2 is 1.67 bits per heavy atom. The molecule has 4 rings (SSSR count). The first kappa shape index (κ1) is 25.6. The van der Waals surface area contributed by atoms with Crippen LogP contribution in [0.15, 0.2) is 72.8 Å². The molecule has 0 fully saturated rings. The van der Waals surface area contributed by atoms with Crippen LogP contribution in [0.1, 0.15) is 42.3 Å². The number of nitrogens with one attached hydrogen (secondary N) is 1. The summed E-state index contributed by atoms with van der Waals surface area (Å²) in [5.41, 5.74) is 5.58. The van der Waals surface area contributed by atoms with Crippen LogP contribution in [0.2, 0.25) is 0 Å². The lowest BCUT2D eigenvalue weighted by atomic mass is 9.94. The molecule has 0 saturated heterocycles. The molecule has 1 amide bonds. The number of nitrogens with zero attached hydrogens (tertiary/aromatic N) is 1. The second-order valence-electron chi connectivity index (χ2n) is 9.40. The Morgan fingerprint density at radius 3 is 2.39 bits per heavy atom. The number of carbonyl (C=O) groups is 2. The summed E-state index contributed by atoms with van der Waals surface area (Å²) in [7, 11) is 0. The van der Waals surface area contributed by atoms with Crippen molar-refractivity contribution in [2.75, 3.05) is 0 Å². The molecule has 0 aliphatic heterocycles. The molecule has 0 aliphatic carbocycles. The summed E-state index contributed by atoms with van der Waals surface area (Å²) in [6.45, 7) is 3.70. The van der Waals surface area contributed by atoms with Gasteiger partial charge in [0.1, 0.15) is 0 Å². The molecule has 6 heteroatoms. The lowest BCUT2D eigenvalue weighted by molar-refractivity contribution is -0.141. The molecule has 0 unspecified atom stereocenters. The molecular formula is C30H32N2O3S. The van der Waals surface area contributed by atoms with Crippen LogP contribution in [0, 0.1) is 12.8 Å². The molecule has 0 spiro atoms. The number of carboxylic acid groups (broad SMARTS) is 1. The van der Waals surface area contributed by atoms with Gasteiger partial charge < -0.3 is 10.4 Å². The largest absolute Gasteiger partial charge is 0.481 e. The highest BCUT2D eigenvalue weighted by molar-refractivity contribution is 7.18. The van der Waals surface area contributed by atoms with Gasteiger partial charge in [0.25, 0.3) is 0 Å². The van der Waals surface area contributed by atoms with Crippen LogP contribution in [-0.2, 0) is 22.4 Å². The van der Waals surface area contributed by atoms with E-state index >= 15 is 0 Å². The lowest BCUT2D eigenvalue weighted by Gasteiger charge is -2.21. The predicted octanol–water partition coefficient (Wildman–Crippen LogP) is 6.43. The maximum Gasteiger partial charge on any atom is 0.306 e. The topological polar surface area (TPSA) is 79.3 Å². The summed E-state index contributed by atoms with van der Waals surface area (Å²) < 4.78 is 1.18. The summed E-state index contributed by atoms with van der Waals surface area (Å²) >= 11 is 1.68. The molecule has 4 aromatic rings. The molecular weight excluding hydrogens is 468 g/mol. The second-order valence-corrected chi connectivity index (χ2v) is 10.6. The van der Waals surface area contributed by atoms with Gasteiger partial charge in [0.2, 0.25) is 5.91 Å². The molecule has 36 heavy (non-hydrogen) atoms. The van der Waals surface area contributed by atoms with E-state index in [1.165, 1.54) is 10.3 Å². The number of aliphatic carboxylic acids is 1. The predicted molar refractivity (Wildman–Crippen MR) is 146 cm³/mol. The molecule has 0 aliphatic rings. The minimum Gasteiger partial charge on any atom is -0.481 e. The smallest absolute Gasteiger partial charge is 0.306 e. The number of carboxylic acids is 1. The maximum atomic E-state index is 12.8. The van der Waals surface area contributed by atoms with Crippen molar-refractivity contribution in [3.63, 3.8) is 0 Å². The van der Waals surface area contributed by atoms with E-state index in [4.69, 9.17) is 0 Å². The SMILES string of the molecule is Cc1nc2ccc(CCCC(=O)N[C@@H](Cc3ccc(-c4ccccc4)cc3)C[C@H](C)C(=O)O)cc2s1. The number of aryl methyl sites for hydroxylation is 2. The van der Waals surface area contributed by atoms with Gasteiger partial charge in [-0.3, -0.25) is 9.59 Å². The van der Waals surface area contributed by atoms with E-state index < -0.39 is 11.9 Å². The zero-order chi connectivity index (χ0) is 25.5. The average Bonchev–Trinajstić information content (AvgIpc) is 3.24. The average molecular weight is 501 g/mol. The molecule has 1 heterocycles. The van der Waals surface area contributed by atoms with Crippen molar-refractivity contribution in [2.45, 2.75) is 52.0 Å². The quantitative estimate of drug-likeness (QED) is 0.249. The highest BCUT2D eigenvalue weighted by Gasteiger charge is 2.20. The van der Waals surface area contributed by atoms with E-state index in [9.17, 15) is 14.7 Å². The molecule has 0 bridgehead atoms. The van der Waals surface area contributed by atoms with E-state index in [0.717, 1.165) is 40.1 Å². The number of aromatic nitrogens is 1. The number of rotatable bonds is 11. The van der Waals surface area contributed by atoms with Crippen LogP contribution >= 0.6 is 11.3 Å². The van der Waals surface area contributed by atoms with Crippen LogP contribution in [0.5, 0.6) is 0 Å².